The molecule has 2 rings (SSSR count). The van der Waals surface area contributed by atoms with E-state index in [-0.39, 0.29) is 29.1 Å². The van der Waals surface area contributed by atoms with Crippen LogP contribution in [0.25, 0.3) is 0 Å². The molecular weight excluding hydrogens is 314 g/mol. The smallest absolute Gasteiger partial charge is 0.410 e. The molecule has 0 bridgehead atoms. The van der Waals surface area contributed by atoms with Gasteiger partial charge in [-0.05, 0) is 72.4 Å². The number of amides is 1. The molecule has 1 aromatic rings. The second-order valence-corrected chi connectivity index (χ2v) is 8.93. The molecule has 0 saturated heterocycles. The summed E-state index contributed by atoms with van der Waals surface area (Å²) >= 11 is 0. The van der Waals surface area contributed by atoms with Gasteiger partial charge in [-0.15, -0.1) is 0 Å². The number of fused-ring (bicyclic) bond motifs is 1. The fraction of sp³-hybridized carbons (Fsp3) is 0.619. The zero-order chi connectivity index (χ0) is 19.0. The number of rotatable bonds is 2. The average Bonchev–Trinajstić information content (AvgIpc) is 2.42. The average molecular weight is 345 g/mol. The third-order valence-corrected chi connectivity index (χ3v) is 4.61. The lowest BCUT2D eigenvalue weighted by Gasteiger charge is -2.45. The van der Waals surface area contributed by atoms with E-state index in [1.54, 1.807) is 11.8 Å². The highest BCUT2D eigenvalue weighted by atomic mass is 16.6. The van der Waals surface area contributed by atoms with Gasteiger partial charge in [0.25, 0.3) is 0 Å². The lowest BCUT2D eigenvalue weighted by Crippen LogP contribution is -2.56. The fourth-order valence-corrected chi connectivity index (χ4v) is 3.94. The lowest BCUT2D eigenvalue weighted by molar-refractivity contribution is -0.00264. The molecular formula is C21H31NO3. The largest absolute Gasteiger partial charge is 0.446 e. The van der Waals surface area contributed by atoms with Gasteiger partial charge in [-0.2, -0.15) is 0 Å². The second-order valence-electron chi connectivity index (χ2n) is 8.93. The Balaban J connectivity index is 2.20. The Morgan fingerprint density at radius 2 is 1.68 bits per heavy atom. The van der Waals surface area contributed by atoms with Gasteiger partial charge in [-0.25, -0.2) is 4.79 Å². The third-order valence-electron chi connectivity index (χ3n) is 4.61. The molecule has 1 amide bonds. The van der Waals surface area contributed by atoms with Crippen LogP contribution >= 0.6 is 0 Å². The van der Waals surface area contributed by atoms with Gasteiger partial charge in [0, 0.05) is 23.1 Å². The third kappa shape index (κ3) is 4.42. The molecule has 0 N–H and O–H groups in total. The number of ether oxygens (including phenoxy) is 1. The van der Waals surface area contributed by atoms with Gasteiger partial charge in [0.2, 0.25) is 0 Å². The summed E-state index contributed by atoms with van der Waals surface area (Å²) in [5.74, 6) is 0.0647. The van der Waals surface area contributed by atoms with E-state index in [1.165, 1.54) is 5.56 Å². The summed E-state index contributed by atoms with van der Waals surface area (Å²) in [4.78, 5) is 26.6. The van der Waals surface area contributed by atoms with Gasteiger partial charge >= 0.3 is 6.09 Å². The maximum atomic E-state index is 12.9. The molecule has 138 valence electrons. The van der Waals surface area contributed by atoms with Crippen LogP contribution in [0.3, 0.4) is 0 Å². The summed E-state index contributed by atoms with van der Waals surface area (Å²) in [5.41, 5.74) is 2.33. The lowest BCUT2D eigenvalue weighted by atomic mass is 9.85. The summed E-state index contributed by atoms with van der Waals surface area (Å²) < 4.78 is 5.87. The van der Waals surface area contributed by atoms with Crippen LogP contribution in [0.2, 0.25) is 0 Å². The number of carbonyl (C=O) groups is 2. The van der Waals surface area contributed by atoms with E-state index in [0.29, 0.717) is 6.42 Å². The van der Waals surface area contributed by atoms with Crippen molar-refractivity contribution >= 4 is 11.9 Å². The zero-order valence-corrected chi connectivity index (χ0v) is 16.6. The van der Waals surface area contributed by atoms with E-state index in [2.05, 4.69) is 6.07 Å². The molecule has 1 aromatic carbocycles. The van der Waals surface area contributed by atoms with Gasteiger partial charge < -0.3 is 4.74 Å². The normalized spacial score (nSPS) is 17.6. The SMILES string of the molecule is CC(=O)c1cccc2c1CC(OC(=O)N(C(C)(C)C)C(C)(C)C)CC2. The molecule has 25 heavy (non-hydrogen) atoms. The highest BCUT2D eigenvalue weighted by Crippen LogP contribution is 2.30. The van der Waals surface area contributed by atoms with E-state index in [9.17, 15) is 9.59 Å². The highest BCUT2D eigenvalue weighted by molar-refractivity contribution is 5.96. The number of hydrogen-bond donors (Lipinski definition) is 0. The second kappa shape index (κ2) is 6.81. The van der Waals surface area contributed by atoms with Crippen molar-refractivity contribution in [2.45, 2.75) is 84.9 Å². The Kier molecular flexibility index (Phi) is 5.31. The maximum Gasteiger partial charge on any atom is 0.410 e. The first kappa shape index (κ1) is 19.5. The molecule has 0 fully saturated rings. The minimum atomic E-state index is -0.327. The van der Waals surface area contributed by atoms with Crippen LogP contribution in [0.1, 0.15) is 76.4 Å². The van der Waals surface area contributed by atoms with Crippen LogP contribution in [0.15, 0.2) is 18.2 Å². The van der Waals surface area contributed by atoms with Crippen LogP contribution in [-0.2, 0) is 17.6 Å². The number of carbonyl (C=O) groups excluding carboxylic acids is 2. The van der Waals surface area contributed by atoms with Crippen LogP contribution in [-0.4, -0.2) is 34.0 Å². The molecule has 0 aromatic heterocycles. The van der Waals surface area contributed by atoms with Crippen molar-refractivity contribution in [1.29, 1.82) is 0 Å². The van der Waals surface area contributed by atoms with Crippen molar-refractivity contribution < 1.29 is 14.3 Å². The quantitative estimate of drug-likeness (QED) is 0.725. The Bertz CT molecular complexity index is 651. The summed E-state index contributed by atoms with van der Waals surface area (Å²) in [6, 6.07) is 5.86. The van der Waals surface area contributed by atoms with Crippen molar-refractivity contribution in [1.82, 2.24) is 4.90 Å². The number of nitrogens with zero attached hydrogens (tertiary/aromatic N) is 1. The first-order valence-electron chi connectivity index (χ1n) is 9.04. The van der Waals surface area contributed by atoms with Crippen molar-refractivity contribution in [3.8, 4) is 0 Å². The molecule has 0 radical (unpaired) electrons. The minimum absolute atomic E-state index is 0.0647. The summed E-state index contributed by atoms with van der Waals surface area (Å²) in [5, 5.41) is 0. The van der Waals surface area contributed by atoms with Crippen LogP contribution in [0, 0.1) is 0 Å². The Morgan fingerprint density at radius 3 is 2.20 bits per heavy atom. The standard InChI is InChI=1S/C21H31NO3/c1-14(23)17-10-8-9-15-11-12-16(13-18(15)17)25-19(24)22(20(2,3)4)21(5,6)7/h8-10,16H,11-13H2,1-7H3. The summed E-state index contributed by atoms with van der Waals surface area (Å²) in [6.07, 6.45) is 1.77. The maximum absolute atomic E-state index is 12.9. The molecule has 1 aliphatic carbocycles. The molecule has 1 aliphatic rings. The number of ketones is 1. The van der Waals surface area contributed by atoms with Gasteiger partial charge in [0.1, 0.15) is 6.10 Å². The molecule has 0 saturated carbocycles. The Morgan fingerprint density at radius 1 is 1.08 bits per heavy atom. The first-order chi connectivity index (χ1) is 11.4. The molecule has 0 heterocycles. The fourth-order valence-electron chi connectivity index (χ4n) is 3.94. The summed E-state index contributed by atoms with van der Waals surface area (Å²) in [6.45, 7) is 13.7. The number of Topliss-reactive ketones (excluding diaryl/α,β-unsaturated/α-hetero) is 1. The molecule has 4 nitrogen and oxygen atoms in total. The number of hydrogen-bond acceptors (Lipinski definition) is 3. The summed E-state index contributed by atoms with van der Waals surface area (Å²) in [7, 11) is 0. The minimum Gasteiger partial charge on any atom is -0.446 e. The first-order valence-corrected chi connectivity index (χ1v) is 9.04. The number of benzene rings is 1. The van der Waals surface area contributed by atoms with Crippen molar-refractivity contribution in [3.05, 3.63) is 34.9 Å². The Hall–Kier alpha value is -1.84. The van der Waals surface area contributed by atoms with Crippen molar-refractivity contribution in [2.75, 3.05) is 0 Å². The van der Waals surface area contributed by atoms with Crippen LogP contribution in [0.5, 0.6) is 0 Å². The van der Waals surface area contributed by atoms with Gasteiger partial charge in [0.15, 0.2) is 5.78 Å². The highest BCUT2D eigenvalue weighted by Gasteiger charge is 2.38. The van der Waals surface area contributed by atoms with Crippen molar-refractivity contribution in [3.63, 3.8) is 0 Å². The monoisotopic (exact) mass is 345 g/mol. The topological polar surface area (TPSA) is 46.6 Å². The molecule has 0 aliphatic heterocycles. The van der Waals surface area contributed by atoms with E-state index in [1.807, 2.05) is 53.7 Å². The van der Waals surface area contributed by atoms with Gasteiger partial charge in [-0.1, -0.05) is 18.2 Å². The molecule has 0 spiro atoms. The predicted molar refractivity (Wildman–Crippen MR) is 100 cm³/mol. The predicted octanol–water partition coefficient (Wildman–Crippen LogP) is 4.78. The number of aryl methyl sites for hydroxylation is 1. The zero-order valence-electron chi connectivity index (χ0n) is 16.6. The molecule has 1 unspecified atom stereocenters. The van der Waals surface area contributed by atoms with E-state index in [4.69, 9.17) is 4.74 Å². The van der Waals surface area contributed by atoms with Gasteiger partial charge in [-0.3, -0.25) is 9.69 Å². The molecule has 4 heteroatoms. The van der Waals surface area contributed by atoms with E-state index >= 15 is 0 Å². The Labute approximate surface area is 151 Å². The van der Waals surface area contributed by atoms with E-state index in [0.717, 1.165) is 24.0 Å². The van der Waals surface area contributed by atoms with Crippen molar-refractivity contribution in [2.24, 2.45) is 0 Å². The molecule has 1 atom stereocenters. The van der Waals surface area contributed by atoms with Crippen LogP contribution in [0.4, 0.5) is 4.79 Å². The van der Waals surface area contributed by atoms with E-state index < -0.39 is 0 Å². The van der Waals surface area contributed by atoms with Crippen LogP contribution < -0.4 is 0 Å². The van der Waals surface area contributed by atoms with Gasteiger partial charge in [0.05, 0.1) is 0 Å².